The first kappa shape index (κ1) is 42.6. The molecule has 322 valence electrons. The van der Waals surface area contributed by atoms with Crippen molar-refractivity contribution in [2.45, 2.75) is 69.4 Å². The first-order valence-corrected chi connectivity index (χ1v) is 21.4. The summed E-state index contributed by atoms with van der Waals surface area (Å²) in [6, 6.07) is 42.3. The molecule has 0 radical (unpaired) electrons. The zero-order valence-corrected chi connectivity index (χ0v) is 35.2. The van der Waals surface area contributed by atoms with Crippen LogP contribution in [0.5, 0.6) is 0 Å². The number of hydrogen-bond donors (Lipinski definition) is 4. The number of urea groups is 1. The summed E-state index contributed by atoms with van der Waals surface area (Å²) in [5, 5.41) is 18.6. The average molecular weight is 838 g/mol. The summed E-state index contributed by atoms with van der Waals surface area (Å²) in [7, 11) is 1.31. The molecule has 5 atom stereocenters. The van der Waals surface area contributed by atoms with E-state index < -0.39 is 29.9 Å². The van der Waals surface area contributed by atoms with E-state index in [0.717, 1.165) is 57.7 Å². The van der Waals surface area contributed by atoms with Gasteiger partial charge in [0.2, 0.25) is 5.91 Å². The predicted octanol–water partition coefficient (Wildman–Crippen LogP) is 6.65. The van der Waals surface area contributed by atoms with Crippen LogP contribution in [0.15, 0.2) is 133 Å². The molecule has 12 heteroatoms. The highest BCUT2D eigenvalue weighted by Gasteiger charge is 2.51. The molecular weight excluding hydrogens is 783 g/mol. The normalized spacial score (nSPS) is 21.5. The predicted molar refractivity (Wildman–Crippen MR) is 237 cm³/mol. The van der Waals surface area contributed by atoms with Gasteiger partial charge in [-0.05, 0) is 58.4 Å². The van der Waals surface area contributed by atoms with Crippen LogP contribution in [0.1, 0.15) is 60.0 Å². The molecule has 3 amide bonds. The second-order valence-electron chi connectivity index (χ2n) is 16.5. The topological polar surface area (TPSA) is 142 Å². The highest BCUT2D eigenvalue weighted by molar-refractivity contribution is 5.93. The lowest BCUT2D eigenvalue weighted by Gasteiger charge is -2.46. The van der Waals surface area contributed by atoms with E-state index in [1.54, 1.807) is 0 Å². The van der Waals surface area contributed by atoms with Crippen molar-refractivity contribution >= 4 is 23.6 Å². The number of aliphatic hydroxyl groups excluding tert-OH is 1. The molecule has 12 nitrogen and oxygen atoms in total. The van der Waals surface area contributed by atoms with Crippen LogP contribution in [0.25, 0.3) is 11.1 Å². The van der Waals surface area contributed by atoms with E-state index in [2.05, 4.69) is 44.8 Å². The first-order valence-electron chi connectivity index (χ1n) is 21.4. The molecular formula is C50H55N5O7. The number of carbonyl (C=O) groups is 3. The molecule has 0 unspecified atom stereocenters. The Kier molecular flexibility index (Phi) is 13.3. The van der Waals surface area contributed by atoms with Gasteiger partial charge in [-0.3, -0.25) is 4.79 Å². The van der Waals surface area contributed by atoms with Crippen LogP contribution in [-0.4, -0.2) is 79.0 Å². The molecule has 0 saturated carbocycles. The summed E-state index contributed by atoms with van der Waals surface area (Å²) in [5.41, 5.74) is 6.95. The van der Waals surface area contributed by atoms with Crippen LogP contribution in [0, 0.1) is 5.92 Å². The van der Waals surface area contributed by atoms with Gasteiger partial charge in [-0.25, -0.2) is 9.59 Å². The number of methoxy groups -OCH3 is 1. The van der Waals surface area contributed by atoms with Crippen LogP contribution in [-0.2, 0) is 43.4 Å². The quantitative estimate of drug-likeness (QED) is 0.0960. The molecule has 1 spiro atoms. The van der Waals surface area contributed by atoms with E-state index in [0.29, 0.717) is 32.5 Å². The maximum absolute atomic E-state index is 13.4. The number of aliphatic hydroxyl groups is 1. The van der Waals surface area contributed by atoms with Gasteiger partial charge in [0.1, 0.15) is 11.6 Å². The highest BCUT2D eigenvalue weighted by Crippen LogP contribution is 2.43. The third-order valence-corrected chi connectivity index (χ3v) is 12.7. The van der Waals surface area contributed by atoms with Gasteiger partial charge in [-0.1, -0.05) is 128 Å². The number of nitrogens with zero attached hydrogens (tertiary/aromatic N) is 2. The number of carbonyl (C=O) groups excluding carboxylic acids is 3. The van der Waals surface area contributed by atoms with E-state index in [9.17, 15) is 19.5 Å². The number of esters is 1. The third kappa shape index (κ3) is 9.39. The summed E-state index contributed by atoms with van der Waals surface area (Å²) in [6.45, 7) is 5.09. The van der Waals surface area contributed by atoms with Crippen molar-refractivity contribution in [3.63, 3.8) is 0 Å². The van der Waals surface area contributed by atoms with Gasteiger partial charge >= 0.3 is 12.0 Å². The molecule has 4 N–H and O–H groups in total. The van der Waals surface area contributed by atoms with Gasteiger partial charge in [-0.2, -0.15) is 0 Å². The minimum Gasteiger partial charge on any atom is -0.467 e. The van der Waals surface area contributed by atoms with Crippen molar-refractivity contribution in [3.05, 3.63) is 161 Å². The maximum atomic E-state index is 13.4. The van der Waals surface area contributed by atoms with Crippen molar-refractivity contribution in [1.29, 1.82) is 0 Å². The number of benzene rings is 5. The Bertz CT molecular complexity index is 2280. The van der Waals surface area contributed by atoms with Crippen LogP contribution in [0.3, 0.4) is 0 Å². The lowest BCUT2D eigenvalue weighted by molar-refractivity contribution is -0.276. The number of nitrogens with one attached hydrogen (secondary N) is 3. The molecule has 0 aliphatic carbocycles. The van der Waals surface area contributed by atoms with Crippen molar-refractivity contribution in [2.75, 3.05) is 38.3 Å². The van der Waals surface area contributed by atoms with Crippen molar-refractivity contribution in [2.24, 2.45) is 5.92 Å². The molecule has 0 bridgehead atoms. The Morgan fingerprint density at radius 3 is 2.19 bits per heavy atom. The van der Waals surface area contributed by atoms with Crippen LogP contribution < -0.4 is 20.9 Å². The van der Waals surface area contributed by atoms with Crippen LogP contribution in [0.4, 0.5) is 10.5 Å². The van der Waals surface area contributed by atoms with E-state index >= 15 is 0 Å². The number of hydrogen-bond acceptors (Lipinski definition) is 9. The number of amides is 3. The fourth-order valence-electron chi connectivity index (χ4n) is 9.07. The zero-order valence-electron chi connectivity index (χ0n) is 35.2. The van der Waals surface area contributed by atoms with E-state index in [1.807, 2.05) is 121 Å². The second kappa shape index (κ2) is 19.3. The van der Waals surface area contributed by atoms with Gasteiger partial charge < -0.3 is 45.1 Å². The molecule has 8 rings (SSSR count). The Hall–Kier alpha value is -6.05. The third-order valence-electron chi connectivity index (χ3n) is 12.7. The fraction of sp³-hybridized carbons (Fsp3) is 0.340. The molecule has 5 aromatic carbocycles. The fourth-order valence-corrected chi connectivity index (χ4v) is 9.07. The molecule has 3 heterocycles. The Morgan fingerprint density at radius 1 is 0.839 bits per heavy atom. The first-order chi connectivity index (χ1) is 30.2. The minimum atomic E-state index is -0.838. The van der Waals surface area contributed by atoms with Gasteiger partial charge in [0.05, 0.1) is 32.6 Å². The van der Waals surface area contributed by atoms with Crippen LogP contribution >= 0.6 is 0 Å². The number of ether oxygens (including phenoxy) is 3. The Morgan fingerprint density at radius 2 is 1.50 bits per heavy atom. The van der Waals surface area contributed by atoms with Gasteiger partial charge in [0.25, 0.3) is 0 Å². The molecule has 3 fully saturated rings. The standard InChI is InChI=1S/C50H55N5O7/c1-34-44(31-54-27-25-50(26-28-54)48(58)52-33-55(50)41-14-7-4-8-15-41)61-47(62-45(34)38-19-17-36(32-56)18-20-38)39-23-21-37(22-24-39)42-16-10-9-13-40(42)30-51-49(59)53-43(46(57)60-2)29-35-11-5-3-6-12-35/h3-24,34,43-45,47,56H,25-33H2,1-2H3,(H,52,58)(H2,51,53,59)/t34-,43+,44+,45+,47+/m1/s1. The lowest BCUT2D eigenvalue weighted by atomic mass is 9.84. The number of para-hydroxylation sites is 1. The van der Waals surface area contributed by atoms with Crippen molar-refractivity contribution in [3.8, 4) is 11.1 Å². The number of anilines is 1. The van der Waals surface area contributed by atoms with Crippen molar-refractivity contribution < 1.29 is 33.7 Å². The number of rotatable bonds is 13. The monoisotopic (exact) mass is 837 g/mol. The number of piperidine rings is 1. The van der Waals surface area contributed by atoms with Gasteiger partial charge in [-0.15, -0.1) is 0 Å². The smallest absolute Gasteiger partial charge is 0.328 e. The van der Waals surface area contributed by atoms with E-state index in [4.69, 9.17) is 14.2 Å². The lowest BCUT2D eigenvalue weighted by Crippen LogP contribution is -2.57. The molecule has 3 aliphatic rings. The summed E-state index contributed by atoms with van der Waals surface area (Å²) in [4.78, 5) is 43.7. The summed E-state index contributed by atoms with van der Waals surface area (Å²) in [6.07, 6.45) is 0.662. The summed E-state index contributed by atoms with van der Waals surface area (Å²) < 4.78 is 18.6. The maximum Gasteiger partial charge on any atom is 0.328 e. The van der Waals surface area contributed by atoms with E-state index in [-0.39, 0.29) is 37.2 Å². The molecule has 3 saturated heterocycles. The molecule has 3 aliphatic heterocycles. The van der Waals surface area contributed by atoms with E-state index in [1.165, 1.54) is 7.11 Å². The summed E-state index contributed by atoms with van der Waals surface area (Å²) >= 11 is 0. The average Bonchev–Trinajstić information content (AvgIpc) is 3.63. The Balaban J connectivity index is 0.957. The summed E-state index contributed by atoms with van der Waals surface area (Å²) in [5.74, 6) is -0.411. The molecule has 5 aromatic rings. The zero-order chi connectivity index (χ0) is 43.1. The molecule has 62 heavy (non-hydrogen) atoms. The Labute approximate surface area is 363 Å². The SMILES string of the molecule is COC(=O)[C@H](Cc1ccccc1)NC(=O)NCc1ccccc1-c1ccc([C@H]2O[C@@H](CN3CCC4(CC3)C(=O)NCN4c3ccccc3)[C@@H](C)[C@@H](c3ccc(CO)cc3)O2)cc1. The molecule has 0 aromatic heterocycles. The highest BCUT2D eigenvalue weighted by atomic mass is 16.7. The van der Waals surface area contributed by atoms with Gasteiger partial charge in [0, 0.05) is 49.8 Å². The minimum absolute atomic E-state index is 0.00907. The largest absolute Gasteiger partial charge is 0.467 e. The second-order valence-corrected chi connectivity index (χ2v) is 16.5. The van der Waals surface area contributed by atoms with Gasteiger partial charge in [0.15, 0.2) is 6.29 Å². The van der Waals surface area contributed by atoms with Crippen molar-refractivity contribution in [1.82, 2.24) is 20.9 Å². The number of likely N-dealkylation sites (tertiary alicyclic amines) is 1. The van der Waals surface area contributed by atoms with Crippen LogP contribution in [0.2, 0.25) is 0 Å².